The Bertz CT molecular complexity index is 830. The normalized spacial score (nSPS) is 11.1. The van der Waals surface area contributed by atoms with E-state index in [0.29, 0.717) is 9.79 Å². The molecule has 3 rings (SSSR count). The van der Waals surface area contributed by atoms with Gasteiger partial charge in [-0.25, -0.2) is 0 Å². The molecule has 0 amide bonds. The van der Waals surface area contributed by atoms with Crippen molar-refractivity contribution >= 4 is 34.9 Å². The molecule has 0 saturated heterocycles. The van der Waals surface area contributed by atoms with E-state index in [1.807, 2.05) is 22.8 Å². The molecule has 1 aromatic heterocycles. The number of nitrogens with zero attached hydrogens (tertiary/aromatic N) is 1. The lowest BCUT2D eigenvalue weighted by Gasteiger charge is -2.08. The number of nitrogens with one attached hydrogen (secondary N) is 1. The summed E-state index contributed by atoms with van der Waals surface area (Å²) in [4.78, 5) is 3.19. The van der Waals surface area contributed by atoms with Crippen LogP contribution in [0, 0.1) is 18.6 Å². The Labute approximate surface area is 121 Å². The number of rotatable bonds is 1. The summed E-state index contributed by atoms with van der Waals surface area (Å²) >= 11 is 11.7. The highest BCUT2D eigenvalue weighted by Gasteiger charge is 2.10. The van der Waals surface area contributed by atoms with E-state index < -0.39 is 0 Å². The number of H-pyrrole nitrogens is 1. The average Bonchev–Trinajstić information content (AvgIpc) is 2.70. The van der Waals surface area contributed by atoms with Gasteiger partial charge in [-0.15, -0.1) is 0 Å². The zero-order chi connectivity index (χ0) is 13.6. The van der Waals surface area contributed by atoms with Gasteiger partial charge < -0.3 is 4.98 Å². The van der Waals surface area contributed by atoms with Crippen LogP contribution in [0.5, 0.6) is 0 Å². The number of aromatic amines is 1. The van der Waals surface area contributed by atoms with Crippen LogP contribution in [0.1, 0.15) is 11.1 Å². The van der Waals surface area contributed by atoms with Crippen LogP contribution in [0.25, 0.3) is 16.7 Å². The van der Waals surface area contributed by atoms with Gasteiger partial charge in [-0.3, -0.25) is 4.57 Å². The van der Waals surface area contributed by atoms with Crippen LogP contribution in [0.15, 0.2) is 36.4 Å². The van der Waals surface area contributed by atoms with E-state index >= 15 is 0 Å². The monoisotopic (exact) mass is 288 g/mol. The summed E-state index contributed by atoms with van der Waals surface area (Å²) in [7, 11) is 0. The van der Waals surface area contributed by atoms with Gasteiger partial charge in [0.2, 0.25) is 0 Å². The number of fused-ring (bicyclic) bond motifs is 1. The molecule has 0 spiro atoms. The van der Waals surface area contributed by atoms with Gasteiger partial charge in [0.25, 0.3) is 0 Å². The Kier molecular flexibility index (Phi) is 2.96. The number of hydrogen-bond acceptors (Lipinski definition) is 1. The van der Waals surface area contributed by atoms with Crippen molar-refractivity contribution in [3.05, 3.63) is 57.3 Å². The van der Waals surface area contributed by atoms with Gasteiger partial charge in [0, 0.05) is 5.69 Å². The van der Waals surface area contributed by atoms with Gasteiger partial charge in [0.15, 0.2) is 4.77 Å². The topological polar surface area (TPSA) is 20.7 Å². The third kappa shape index (κ3) is 1.99. The second-order valence-electron chi connectivity index (χ2n) is 4.67. The highest BCUT2D eigenvalue weighted by Crippen LogP contribution is 2.27. The molecule has 0 saturated carbocycles. The minimum atomic E-state index is 0.659. The predicted octanol–water partition coefficient (Wildman–Crippen LogP) is 4.96. The van der Waals surface area contributed by atoms with Crippen LogP contribution < -0.4 is 0 Å². The quantitative estimate of drug-likeness (QED) is 0.628. The molecule has 0 aliphatic rings. The van der Waals surface area contributed by atoms with Crippen molar-refractivity contribution in [1.82, 2.24) is 9.55 Å². The number of para-hydroxylation sites is 1. The number of hydrogen-bond donors (Lipinski definition) is 1. The van der Waals surface area contributed by atoms with Crippen LogP contribution in [-0.4, -0.2) is 9.55 Å². The van der Waals surface area contributed by atoms with E-state index in [4.69, 9.17) is 23.8 Å². The van der Waals surface area contributed by atoms with Crippen molar-refractivity contribution in [2.24, 2.45) is 0 Å². The van der Waals surface area contributed by atoms with Gasteiger partial charge in [0.05, 0.1) is 16.1 Å². The molecule has 3 aromatic rings. The van der Waals surface area contributed by atoms with Gasteiger partial charge in [-0.05, 0) is 61.5 Å². The number of aromatic nitrogens is 2. The Hall–Kier alpha value is -1.58. The van der Waals surface area contributed by atoms with E-state index in [-0.39, 0.29) is 0 Å². The predicted molar refractivity (Wildman–Crippen MR) is 82.9 cm³/mol. The summed E-state index contributed by atoms with van der Waals surface area (Å²) in [5.41, 5.74) is 5.42. The first-order valence-electron chi connectivity index (χ1n) is 6.05. The van der Waals surface area contributed by atoms with Gasteiger partial charge >= 0.3 is 0 Å². The molecule has 0 fully saturated rings. The molecule has 19 heavy (non-hydrogen) atoms. The number of benzene rings is 2. The number of imidazole rings is 1. The molecule has 0 aliphatic heterocycles. The molecule has 0 radical (unpaired) electrons. The lowest BCUT2D eigenvalue weighted by Crippen LogP contribution is -1.96. The van der Waals surface area contributed by atoms with Crippen molar-refractivity contribution < 1.29 is 0 Å². The summed E-state index contributed by atoms with van der Waals surface area (Å²) in [6.45, 7) is 4.19. The second-order valence-corrected chi connectivity index (χ2v) is 5.46. The third-order valence-electron chi connectivity index (χ3n) is 3.40. The third-order valence-corrected chi connectivity index (χ3v) is 3.99. The Morgan fingerprint density at radius 1 is 1.11 bits per heavy atom. The Morgan fingerprint density at radius 3 is 2.63 bits per heavy atom. The fourth-order valence-electron chi connectivity index (χ4n) is 2.23. The fraction of sp³-hybridized carbons (Fsp3) is 0.133. The molecule has 2 aromatic carbocycles. The second kappa shape index (κ2) is 4.51. The molecule has 0 bridgehead atoms. The summed E-state index contributed by atoms with van der Waals surface area (Å²) in [5.74, 6) is 0. The summed E-state index contributed by atoms with van der Waals surface area (Å²) < 4.78 is 2.64. The molecular weight excluding hydrogens is 276 g/mol. The SMILES string of the molecule is Cc1ccc(-n2c(=S)[nH]c3cccc(Cl)c32)cc1C. The zero-order valence-electron chi connectivity index (χ0n) is 10.7. The first-order chi connectivity index (χ1) is 9.08. The summed E-state index contributed by atoms with van der Waals surface area (Å²) in [5, 5.41) is 0.697. The van der Waals surface area contributed by atoms with Crippen LogP contribution in [0.2, 0.25) is 5.02 Å². The molecule has 0 unspecified atom stereocenters. The van der Waals surface area contributed by atoms with Crippen molar-refractivity contribution in [2.45, 2.75) is 13.8 Å². The van der Waals surface area contributed by atoms with Gasteiger partial charge in [-0.1, -0.05) is 23.7 Å². The van der Waals surface area contributed by atoms with Crippen molar-refractivity contribution in [3.63, 3.8) is 0 Å². The molecule has 96 valence electrons. The smallest absolute Gasteiger partial charge is 0.182 e. The van der Waals surface area contributed by atoms with Crippen molar-refractivity contribution in [3.8, 4) is 5.69 Å². The van der Waals surface area contributed by atoms with Crippen molar-refractivity contribution in [1.29, 1.82) is 0 Å². The zero-order valence-corrected chi connectivity index (χ0v) is 12.3. The highest BCUT2D eigenvalue weighted by molar-refractivity contribution is 7.71. The van der Waals surface area contributed by atoms with Crippen molar-refractivity contribution in [2.75, 3.05) is 0 Å². The first kappa shape index (κ1) is 12.5. The lowest BCUT2D eigenvalue weighted by molar-refractivity contribution is 1.06. The fourth-order valence-corrected chi connectivity index (χ4v) is 2.79. The van der Waals surface area contributed by atoms with Crippen LogP contribution in [0.3, 0.4) is 0 Å². The minimum absolute atomic E-state index is 0.659. The van der Waals surface area contributed by atoms with E-state index in [0.717, 1.165) is 16.7 Å². The Morgan fingerprint density at radius 2 is 1.89 bits per heavy atom. The van der Waals surface area contributed by atoms with Crippen LogP contribution >= 0.6 is 23.8 Å². The maximum Gasteiger partial charge on any atom is 0.182 e. The van der Waals surface area contributed by atoms with Crippen LogP contribution in [0.4, 0.5) is 0 Å². The van der Waals surface area contributed by atoms with E-state index in [1.54, 1.807) is 0 Å². The van der Waals surface area contributed by atoms with E-state index in [2.05, 4.69) is 37.0 Å². The van der Waals surface area contributed by atoms with Crippen LogP contribution in [-0.2, 0) is 0 Å². The molecule has 0 aliphatic carbocycles. The summed E-state index contributed by atoms with van der Waals surface area (Å²) in [6.07, 6.45) is 0. The molecule has 2 nitrogen and oxygen atoms in total. The van der Waals surface area contributed by atoms with E-state index in [9.17, 15) is 0 Å². The maximum absolute atomic E-state index is 6.31. The molecule has 0 atom stereocenters. The minimum Gasteiger partial charge on any atom is -0.330 e. The lowest BCUT2D eigenvalue weighted by atomic mass is 10.1. The molecule has 1 N–H and O–H groups in total. The van der Waals surface area contributed by atoms with E-state index in [1.165, 1.54) is 11.1 Å². The standard InChI is InChI=1S/C15H13ClN2S/c1-9-6-7-11(8-10(9)2)18-14-12(16)4-3-5-13(14)17-15(18)19/h3-8H,1-2H3,(H,17,19). The Balaban J connectivity index is 2.39. The molecular formula is C15H13ClN2S. The maximum atomic E-state index is 6.31. The van der Waals surface area contributed by atoms with Gasteiger partial charge in [-0.2, -0.15) is 0 Å². The number of halogens is 1. The van der Waals surface area contributed by atoms with Gasteiger partial charge in [0.1, 0.15) is 0 Å². The summed E-state index contributed by atoms with van der Waals surface area (Å²) in [6, 6.07) is 12.1. The molecule has 4 heteroatoms. The molecule has 1 heterocycles. The largest absolute Gasteiger partial charge is 0.330 e. The first-order valence-corrected chi connectivity index (χ1v) is 6.83. The number of aryl methyl sites for hydroxylation is 2. The average molecular weight is 289 g/mol. The highest BCUT2D eigenvalue weighted by atomic mass is 35.5.